The molecule has 2 atom stereocenters. The highest BCUT2D eigenvalue weighted by atomic mass is 19.1. The van der Waals surface area contributed by atoms with Crippen molar-refractivity contribution >= 4 is 5.91 Å². The molecule has 1 amide bonds. The number of nitrogens with one attached hydrogen (secondary N) is 1. The molecule has 0 radical (unpaired) electrons. The molecule has 3 aliphatic heterocycles. The minimum Gasteiger partial charge on any atom is -0.457 e. The second kappa shape index (κ2) is 7.08. The zero-order chi connectivity index (χ0) is 18.1. The van der Waals surface area contributed by atoms with Crippen molar-refractivity contribution < 1.29 is 13.9 Å². The van der Waals surface area contributed by atoms with Gasteiger partial charge in [-0.2, -0.15) is 0 Å². The summed E-state index contributed by atoms with van der Waals surface area (Å²) in [5.41, 5.74) is 0.625. The molecular formula is C21H23FN2O2. The predicted molar refractivity (Wildman–Crippen MR) is 97.9 cm³/mol. The van der Waals surface area contributed by atoms with Gasteiger partial charge in [-0.3, -0.25) is 9.69 Å². The average molecular weight is 354 g/mol. The number of carbonyl (C=O) groups is 1. The summed E-state index contributed by atoms with van der Waals surface area (Å²) in [5, 5.41) is 3.23. The summed E-state index contributed by atoms with van der Waals surface area (Å²) in [7, 11) is 0. The Balaban J connectivity index is 1.40. The van der Waals surface area contributed by atoms with Crippen molar-refractivity contribution in [1.82, 2.24) is 10.2 Å². The van der Waals surface area contributed by atoms with E-state index in [0.29, 0.717) is 29.0 Å². The Bertz CT molecular complexity index is 766. The number of halogens is 1. The number of rotatable bonds is 4. The molecule has 2 aromatic rings. The van der Waals surface area contributed by atoms with Crippen molar-refractivity contribution in [2.75, 3.05) is 13.1 Å². The smallest absolute Gasteiger partial charge is 0.251 e. The van der Waals surface area contributed by atoms with Gasteiger partial charge in [0.05, 0.1) is 0 Å². The Morgan fingerprint density at radius 3 is 2.19 bits per heavy atom. The van der Waals surface area contributed by atoms with E-state index < -0.39 is 0 Å². The minimum absolute atomic E-state index is 0.0380. The van der Waals surface area contributed by atoms with Gasteiger partial charge in [0.1, 0.15) is 17.3 Å². The predicted octanol–water partition coefficient (Wildman–Crippen LogP) is 3.83. The van der Waals surface area contributed by atoms with Crippen LogP contribution in [0.25, 0.3) is 0 Å². The molecule has 3 saturated heterocycles. The summed E-state index contributed by atoms with van der Waals surface area (Å²) >= 11 is 0. The van der Waals surface area contributed by atoms with E-state index in [2.05, 4.69) is 17.1 Å². The van der Waals surface area contributed by atoms with Crippen LogP contribution in [0.15, 0.2) is 48.5 Å². The Labute approximate surface area is 153 Å². The zero-order valence-electron chi connectivity index (χ0n) is 14.8. The number of nitrogens with zero attached hydrogens (tertiary/aromatic N) is 1. The number of ether oxygens (including phenoxy) is 1. The molecule has 0 spiro atoms. The molecular weight excluding hydrogens is 331 g/mol. The standard InChI is InChI=1S/C21H23FN2O2/c1-14-20(15-10-12-24(14)13-11-15)23-21(25)16-2-6-18(7-3-16)26-19-8-4-17(22)5-9-19/h2-9,14-15,20H,10-13H2,1H3,(H,23,25)/t14-,20-/m0/s1. The van der Waals surface area contributed by atoms with E-state index in [-0.39, 0.29) is 17.8 Å². The lowest BCUT2D eigenvalue weighted by atomic mass is 9.79. The number of amides is 1. The fourth-order valence-electron chi connectivity index (χ4n) is 4.09. The van der Waals surface area contributed by atoms with Gasteiger partial charge < -0.3 is 10.1 Å². The first-order chi connectivity index (χ1) is 12.6. The fraction of sp³-hybridized carbons (Fsp3) is 0.381. The van der Waals surface area contributed by atoms with Crippen LogP contribution >= 0.6 is 0 Å². The number of hydrogen-bond donors (Lipinski definition) is 1. The van der Waals surface area contributed by atoms with E-state index in [1.807, 2.05) is 0 Å². The van der Waals surface area contributed by atoms with E-state index in [9.17, 15) is 9.18 Å². The molecule has 5 heteroatoms. The van der Waals surface area contributed by atoms with Crippen LogP contribution in [0, 0.1) is 11.7 Å². The Hall–Kier alpha value is -2.40. The summed E-state index contributed by atoms with van der Waals surface area (Å²) in [6.07, 6.45) is 2.33. The lowest BCUT2D eigenvalue weighted by Gasteiger charge is -2.49. The van der Waals surface area contributed by atoms with Gasteiger partial charge >= 0.3 is 0 Å². The van der Waals surface area contributed by atoms with Crippen LogP contribution in [0.2, 0.25) is 0 Å². The highest BCUT2D eigenvalue weighted by Crippen LogP contribution is 2.32. The first-order valence-corrected chi connectivity index (χ1v) is 9.18. The van der Waals surface area contributed by atoms with Gasteiger partial charge in [-0.05, 0) is 87.3 Å². The molecule has 26 heavy (non-hydrogen) atoms. The van der Waals surface area contributed by atoms with Crippen molar-refractivity contribution in [3.05, 3.63) is 59.9 Å². The first-order valence-electron chi connectivity index (χ1n) is 9.18. The maximum absolute atomic E-state index is 12.9. The van der Waals surface area contributed by atoms with Gasteiger partial charge in [0, 0.05) is 17.6 Å². The molecule has 2 aromatic carbocycles. The Kier molecular flexibility index (Phi) is 4.64. The van der Waals surface area contributed by atoms with Gasteiger partial charge in [0.2, 0.25) is 0 Å². The van der Waals surface area contributed by atoms with Crippen LogP contribution < -0.4 is 10.1 Å². The molecule has 0 aliphatic carbocycles. The van der Waals surface area contributed by atoms with Crippen LogP contribution in [-0.4, -0.2) is 36.0 Å². The molecule has 4 nitrogen and oxygen atoms in total. The third kappa shape index (κ3) is 3.44. The summed E-state index contributed by atoms with van der Waals surface area (Å²) in [6.45, 7) is 4.50. The normalized spacial score (nSPS) is 27.2. The third-order valence-corrected chi connectivity index (χ3v) is 5.64. The SMILES string of the molecule is C[C@H]1[C@H](NC(=O)c2ccc(Oc3ccc(F)cc3)cc2)C2CCN1CC2. The van der Waals surface area contributed by atoms with Gasteiger partial charge in [0.15, 0.2) is 0 Å². The Morgan fingerprint density at radius 1 is 1.04 bits per heavy atom. The van der Waals surface area contributed by atoms with E-state index in [4.69, 9.17) is 4.74 Å². The van der Waals surface area contributed by atoms with Crippen LogP contribution in [0.3, 0.4) is 0 Å². The maximum atomic E-state index is 12.9. The van der Waals surface area contributed by atoms with Gasteiger partial charge in [-0.15, -0.1) is 0 Å². The van der Waals surface area contributed by atoms with E-state index in [0.717, 1.165) is 13.1 Å². The highest BCUT2D eigenvalue weighted by molar-refractivity contribution is 5.94. The summed E-state index contributed by atoms with van der Waals surface area (Å²) < 4.78 is 18.6. The second-order valence-corrected chi connectivity index (χ2v) is 7.19. The zero-order valence-corrected chi connectivity index (χ0v) is 14.8. The second-order valence-electron chi connectivity index (χ2n) is 7.19. The molecule has 1 N–H and O–H groups in total. The van der Waals surface area contributed by atoms with Gasteiger partial charge in [-0.25, -0.2) is 4.39 Å². The third-order valence-electron chi connectivity index (χ3n) is 5.64. The van der Waals surface area contributed by atoms with Crippen LogP contribution in [0.4, 0.5) is 4.39 Å². The number of carbonyl (C=O) groups excluding carboxylic acids is 1. The summed E-state index contributed by atoms with van der Waals surface area (Å²) in [5.74, 6) is 1.42. The van der Waals surface area contributed by atoms with E-state index in [1.54, 1.807) is 36.4 Å². The largest absolute Gasteiger partial charge is 0.457 e. The van der Waals surface area contributed by atoms with Crippen molar-refractivity contribution in [1.29, 1.82) is 0 Å². The van der Waals surface area contributed by atoms with E-state index >= 15 is 0 Å². The minimum atomic E-state index is -0.300. The fourth-order valence-corrected chi connectivity index (χ4v) is 4.09. The molecule has 5 rings (SSSR count). The summed E-state index contributed by atoms with van der Waals surface area (Å²) in [4.78, 5) is 15.1. The Morgan fingerprint density at radius 2 is 1.62 bits per heavy atom. The molecule has 3 fully saturated rings. The lowest BCUT2D eigenvalue weighted by Crippen LogP contribution is -2.62. The van der Waals surface area contributed by atoms with Crippen LogP contribution in [0.5, 0.6) is 11.5 Å². The number of fused-ring (bicyclic) bond motifs is 3. The van der Waals surface area contributed by atoms with Crippen LogP contribution in [-0.2, 0) is 0 Å². The topological polar surface area (TPSA) is 41.6 Å². The highest BCUT2D eigenvalue weighted by Gasteiger charge is 2.40. The first kappa shape index (κ1) is 17.0. The number of benzene rings is 2. The molecule has 3 aliphatic rings. The van der Waals surface area contributed by atoms with E-state index in [1.165, 1.54) is 25.0 Å². The van der Waals surface area contributed by atoms with Gasteiger partial charge in [-0.1, -0.05) is 0 Å². The van der Waals surface area contributed by atoms with Crippen LogP contribution in [0.1, 0.15) is 30.1 Å². The average Bonchev–Trinajstić information content (AvgIpc) is 2.67. The molecule has 0 unspecified atom stereocenters. The molecule has 3 heterocycles. The number of piperidine rings is 3. The quantitative estimate of drug-likeness (QED) is 0.907. The van der Waals surface area contributed by atoms with Crippen molar-refractivity contribution in [2.45, 2.75) is 31.8 Å². The molecule has 136 valence electrons. The monoisotopic (exact) mass is 354 g/mol. The maximum Gasteiger partial charge on any atom is 0.251 e. The molecule has 0 aromatic heterocycles. The number of hydrogen-bond acceptors (Lipinski definition) is 3. The lowest BCUT2D eigenvalue weighted by molar-refractivity contribution is 0.0217. The van der Waals surface area contributed by atoms with Gasteiger partial charge in [0.25, 0.3) is 5.91 Å². The molecule has 0 saturated carbocycles. The molecule has 2 bridgehead atoms. The van der Waals surface area contributed by atoms with Crippen molar-refractivity contribution in [3.8, 4) is 11.5 Å². The van der Waals surface area contributed by atoms with Crippen molar-refractivity contribution in [2.24, 2.45) is 5.92 Å². The van der Waals surface area contributed by atoms with Crippen molar-refractivity contribution in [3.63, 3.8) is 0 Å². The summed E-state index contributed by atoms with van der Waals surface area (Å²) in [6, 6.07) is 13.5.